The summed E-state index contributed by atoms with van der Waals surface area (Å²) in [4.78, 5) is 12.4. The molecular weight excluding hydrogens is 416 g/mol. The standard InChI is InChI=1S/C21H18ClF2N3O3/c1-29-17-8-4-6-14(20(17)30-21(23)24)9-10-19(28)26-18-11-12-25-27(18)13-15-5-2-3-7-16(15)22/h2-12,21H,13H2,1H3,(H,26,28)/b10-9+. The maximum Gasteiger partial charge on any atom is 0.387 e. The average Bonchev–Trinajstić information content (AvgIpc) is 3.15. The molecule has 0 unspecified atom stereocenters. The highest BCUT2D eigenvalue weighted by atomic mass is 35.5. The molecule has 1 N–H and O–H groups in total. The molecule has 3 rings (SSSR count). The van der Waals surface area contributed by atoms with Crippen molar-refractivity contribution in [2.24, 2.45) is 0 Å². The van der Waals surface area contributed by atoms with Crippen LogP contribution in [-0.2, 0) is 11.3 Å². The molecule has 0 saturated heterocycles. The molecule has 0 aliphatic heterocycles. The Labute approximate surface area is 176 Å². The first kappa shape index (κ1) is 21.3. The number of para-hydroxylation sites is 1. The fraction of sp³-hybridized carbons (Fsp3) is 0.143. The molecule has 0 atom stereocenters. The molecular formula is C21H18ClF2N3O3. The Balaban J connectivity index is 1.74. The molecule has 0 fully saturated rings. The molecule has 30 heavy (non-hydrogen) atoms. The van der Waals surface area contributed by atoms with Crippen LogP contribution in [0.5, 0.6) is 11.5 Å². The second kappa shape index (κ2) is 9.89. The third-order valence-electron chi connectivity index (χ3n) is 4.10. The number of halogens is 3. The number of carbonyl (C=O) groups is 1. The minimum atomic E-state index is -3.03. The molecule has 0 saturated carbocycles. The van der Waals surface area contributed by atoms with Crippen LogP contribution in [0.1, 0.15) is 11.1 Å². The number of rotatable bonds is 8. The molecule has 0 radical (unpaired) electrons. The molecule has 0 bridgehead atoms. The van der Waals surface area contributed by atoms with Crippen molar-refractivity contribution in [3.05, 3.63) is 77.0 Å². The molecule has 0 spiro atoms. The number of anilines is 1. The lowest BCUT2D eigenvalue weighted by molar-refractivity contribution is -0.111. The molecule has 6 nitrogen and oxygen atoms in total. The lowest BCUT2D eigenvalue weighted by Crippen LogP contribution is -2.14. The molecule has 0 aliphatic rings. The fourth-order valence-corrected chi connectivity index (χ4v) is 2.92. The maximum absolute atomic E-state index is 12.7. The number of hydrogen-bond acceptors (Lipinski definition) is 4. The van der Waals surface area contributed by atoms with E-state index < -0.39 is 12.5 Å². The summed E-state index contributed by atoms with van der Waals surface area (Å²) in [5, 5.41) is 7.49. The van der Waals surface area contributed by atoms with E-state index >= 15 is 0 Å². The van der Waals surface area contributed by atoms with E-state index in [1.54, 1.807) is 29.1 Å². The van der Waals surface area contributed by atoms with Gasteiger partial charge < -0.3 is 14.8 Å². The maximum atomic E-state index is 12.7. The van der Waals surface area contributed by atoms with E-state index in [-0.39, 0.29) is 17.1 Å². The van der Waals surface area contributed by atoms with E-state index in [0.717, 1.165) is 5.56 Å². The Hall–Kier alpha value is -3.39. The Bertz CT molecular complexity index is 1050. The minimum absolute atomic E-state index is 0.135. The number of aromatic nitrogens is 2. The van der Waals surface area contributed by atoms with E-state index in [1.165, 1.54) is 31.4 Å². The van der Waals surface area contributed by atoms with Crippen LogP contribution in [0.4, 0.5) is 14.6 Å². The third-order valence-corrected chi connectivity index (χ3v) is 4.46. The summed E-state index contributed by atoms with van der Waals surface area (Å²) < 4.78 is 36.6. The number of nitrogens with one attached hydrogen (secondary N) is 1. The average molecular weight is 434 g/mol. The highest BCUT2D eigenvalue weighted by Crippen LogP contribution is 2.33. The molecule has 3 aromatic rings. The molecule has 9 heteroatoms. The Morgan fingerprint density at radius 2 is 2.03 bits per heavy atom. The highest BCUT2D eigenvalue weighted by molar-refractivity contribution is 6.31. The highest BCUT2D eigenvalue weighted by Gasteiger charge is 2.14. The van der Waals surface area contributed by atoms with E-state index in [1.807, 2.05) is 18.2 Å². The van der Waals surface area contributed by atoms with Crippen LogP contribution in [0.15, 0.2) is 60.8 Å². The van der Waals surface area contributed by atoms with Gasteiger partial charge in [-0.1, -0.05) is 41.9 Å². The smallest absolute Gasteiger partial charge is 0.387 e. The van der Waals surface area contributed by atoms with E-state index in [0.29, 0.717) is 17.4 Å². The van der Waals surface area contributed by atoms with Crippen LogP contribution in [0, 0.1) is 0 Å². The van der Waals surface area contributed by atoms with Gasteiger partial charge in [-0.05, 0) is 23.8 Å². The summed E-state index contributed by atoms with van der Waals surface area (Å²) in [6, 6.07) is 13.6. The lowest BCUT2D eigenvalue weighted by Gasteiger charge is -2.12. The fourth-order valence-electron chi connectivity index (χ4n) is 2.73. The number of nitrogens with zero attached hydrogens (tertiary/aromatic N) is 2. The summed E-state index contributed by atoms with van der Waals surface area (Å²) >= 11 is 6.18. The molecule has 1 heterocycles. The first-order valence-corrected chi connectivity index (χ1v) is 9.22. The Kier molecular flexibility index (Phi) is 7.03. The SMILES string of the molecule is COc1cccc(/C=C/C(=O)Nc2ccnn2Cc2ccccc2Cl)c1OC(F)F. The van der Waals surface area contributed by atoms with Crippen LogP contribution in [-0.4, -0.2) is 29.4 Å². The molecule has 0 aliphatic carbocycles. The van der Waals surface area contributed by atoms with Gasteiger partial charge in [0.15, 0.2) is 11.5 Å². The predicted molar refractivity (Wildman–Crippen MR) is 110 cm³/mol. The van der Waals surface area contributed by atoms with E-state index in [2.05, 4.69) is 15.2 Å². The summed E-state index contributed by atoms with van der Waals surface area (Å²) in [5.41, 5.74) is 1.12. The zero-order valence-electron chi connectivity index (χ0n) is 15.9. The van der Waals surface area contributed by atoms with Gasteiger partial charge in [0, 0.05) is 22.7 Å². The number of carbonyl (C=O) groups excluding carboxylic acids is 1. The van der Waals surface area contributed by atoms with Gasteiger partial charge in [-0.3, -0.25) is 4.79 Å². The van der Waals surface area contributed by atoms with Crippen molar-refractivity contribution in [3.8, 4) is 11.5 Å². The van der Waals surface area contributed by atoms with Gasteiger partial charge in [0.25, 0.3) is 0 Å². The molecule has 2 aromatic carbocycles. The number of hydrogen-bond donors (Lipinski definition) is 1. The second-order valence-corrected chi connectivity index (χ2v) is 6.45. The minimum Gasteiger partial charge on any atom is -0.493 e. The largest absolute Gasteiger partial charge is 0.493 e. The summed E-state index contributed by atoms with van der Waals surface area (Å²) in [6.45, 7) is -2.66. The lowest BCUT2D eigenvalue weighted by atomic mass is 10.1. The van der Waals surface area contributed by atoms with Gasteiger partial charge >= 0.3 is 6.61 Å². The van der Waals surface area contributed by atoms with Gasteiger partial charge in [0.05, 0.1) is 19.9 Å². The van der Waals surface area contributed by atoms with Crippen molar-refractivity contribution in [2.45, 2.75) is 13.2 Å². The Morgan fingerprint density at radius 3 is 2.77 bits per heavy atom. The number of methoxy groups -OCH3 is 1. The van der Waals surface area contributed by atoms with Crippen molar-refractivity contribution in [1.82, 2.24) is 9.78 Å². The van der Waals surface area contributed by atoms with Crippen molar-refractivity contribution >= 4 is 29.4 Å². The van der Waals surface area contributed by atoms with E-state index in [9.17, 15) is 13.6 Å². The first-order chi connectivity index (χ1) is 14.5. The molecule has 1 amide bonds. The van der Waals surface area contributed by atoms with Crippen molar-refractivity contribution in [1.29, 1.82) is 0 Å². The van der Waals surface area contributed by atoms with Crippen LogP contribution in [0.3, 0.4) is 0 Å². The van der Waals surface area contributed by atoms with Gasteiger partial charge in [-0.15, -0.1) is 0 Å². The molecule has 156 valence electrons. The summed E-state index contributed by atoms with van der Waals surface area (Å²) in [5.74, 6) is -0.0283. The van der Waals surface area contributed by atoms with Crippen molar-refractivity contribution in [3.63, 3.8) is 0 Å². The normalized spacial score (nSPS) is 11.1. The topological polar surface area (TPSA) is 65.4 Å². The van der Waals surface area contributed by atoms with Crippen molar-refractivity contribution in [2.75, 3.05) is 12.4 Å². The number of amides is 1. The second-order valence-electron chi connectivity index (χ2n) is 6.05. The van der Waals surface area contributed by atoms with Crippen LogP contribution >= 0.6 is 11.6 Å². The predicted octanol–water partition coefficient (Wildman–Crippen LogP) is 4.85. The quantitative estimate of drug-likeness (QED) is 0.516. The van der Waals surface area contributed by atoms with Crippen LogP contribution in [0.25, 0.3) is 6.08 Å². The number of benzene rings is 2. The van der Waals surface area contributed by atoms with Crippen molar-refractivity contribution < 1.29 is 23.0 Å². The number of alkyl halides is 2. The van der Waals surface area contributed by atoms with Gasteiger partial charge in [0.1, 0.15) is 5.82 Å². The zero-order chi connectivity index (χ0) is 21.5. The number of ether oxygens (including phenoxy) is 2. The van der Waals surface area contributed by atoms with Crippen LogP contribution in [0.2, 0.25) is 5.02 Å². The monoisotopic (exact) mass is 433 g/mol. The third kappa shape index (κ3) is 5.36. The molecule has 1 aromatic heterocycles. The zero-order valence-corrected chi connectivity index (χ0v) is 16.6. The summed E-state index contributed by atoms with van der Waals surface area (Å²) in [6.07, 6.45) is 4.12. The summed E-state index contributed by atoms with van der Waals surface area (Å²) in [7, 11) is 1.34. The van der Waals surface area contributed by atoms with Gasteiger partial charge in [0.2, 0.25) is 5.91 Å². The van der Waals surface area contributed by atoms with Crippen LogP contribution < -0.4 is 14.8 Å². The van der Waals surface area contributed by atoms with Gasteiger partial charge in [-0.25, -0.2) is 4.68 Å². The Morgan fingerprint density at radius 1 is 1.23 bits per heavy atom. The first-order valence-electron chi connectivity index (χ1n) is 8.84. The van der Waals surface area contributed by atoms with Gasteiger partial charge in [-0.2, -0.15) is 13.9 Å². The van der Waals surface area contributed by atoms with E-state index in [4.69, 9.17) is 16.3 Å².